The molecule has 0 fully saturated rings. The first kappa shape index (κ1) is 40.9. The highest BCUT2D eigenvalue weighted by atomic mass is 79.9. The molecular formula is C40H43BrN4O9S. The Bertz CT molecular complexity index is 2120. The van der Waals surface area contributed by atoms with Gasteiger partial charge in [-0.05, 0) is 123 Å². The number of methoxy groups -OCH3 is 1. The Labute approximate surface area is 331 Å². The molecule has 0 unspecified atom stereocenters. The van der Waals surface area contributed by atoms with Gasteiger partial charge in [0.25, 0.3) is 11.8 Å². The molecule has 1 aliphatic rings. The minimum Gasteiger partial charge on any atom is -0.493 e. The number of esters is 1. The lowest BCUT2D eigenvalue weighted by molar-refractivity contribution is 0.0428. The van der Waals surface area contributed by atoms with Crippen LogP contribution in [0.15, 0.2) is 58.4 Å². The number of carbonyl (C=O) groups excluding carboxylic acids is 5. The van der Waals surface area contributed by atoms with Crippen LogP contribution in [0.2, 0.25) is 0 Å². The van der Waals surface area contributed by atoms with E-state index in [2.05, 4.69) is 31.5 Å². The van der Waals surface area contributed by atoms with E-state index in [4.69, 9.17) is 18.9 Å². The van der Waals surface area contributed by atoms with E-state index >= 15 is 0 Å². The maximum Gasteiger partial charge on any atom is 0.424 e. The number of ether oxygens (including phenoxy) is 4. The van der Waals surface area contributed by atoms with Gasteiger partial charge in [0.15, 0.2) is 5.69 Å². The third kappa shape index (κ3) is 9.70. The van der Waals surface area contributed by atoms with Crippen molar-refractivity contribution < 1.29 is 42.9 Å². The number of nitrogens with one attached hydrogen (secondary N) is 2. The van der Waals surface area contributed by atoms with Gasteiger partial charge in [0, 0.05) is 50.3 Å². The first-order valence-electron chi connectivity index (χ1n) is 17.5. The fourth-order valence-electron chi connectivity index (χ4n) is 5.56. The highest BCUT2D eigenvalue weighted by molar-refractivity contribution is 9.10. The second-order valence-electron chi connectivity index (χ2n) is 14.5. The highest BCUT2D eigenvalue weighted by Crippen LogP contribution is 2.43. The zero-order valence-corrected chi connectivity index (χ0v) is 34.3. The van der Waals surface area contributed by atoms with E-state index in [1.807, 2.05) is 18.4 Å². The molecule has 2 aromatic heterocycles. The second kappa shape index (κ2) is 16.6. The first-order valence-corrected chi connectivity index (χ1v) is 19.2. The van der Waals surface area contributed by atoms with Gasteiger partial charge in [0.2, 0.25) is 0 Å². The number of halogens is 1. The number of aromatic nitrogens is 1. The van der Waals surface area contributed by atoms with Crippen molar-refractivity contribution in [1.29, 1.82) is 0 Å². The Balaban J connectivity index is 1.60. The van der Waals surface area contributed by atoms with Crippen LogP contribution in [0.4, 0.5) is 21.0 Å². The standard InChI is InChI=1S/C40H43BrN4O9S/c1-9-16-42-35(47)29-12-11-24(32(44-29)36(48)51-8)25-21-31-27(33-22(14-17-52-31)15-18-55-33)20-26(25)34(46)43-23-10-13-30(28(41)19-23)45(37(49)53-39(2,3)4)38(50)54-40(5,6)7/h10-13,15,18-21H,9,14,16-17H2,1-8H3,(H,42,47)(H,43,46). The molecule has 0 atom stereocenters. The van der Waals surface area contributed by atoms with E-state index in [1.165, 1.54) is 42.7 Å². The van der Waals surface area contributed by atoms with Crippen LogP contribution < -0.4 is 20.3 Å². The van der Waals surface area contributed by atoms with Crippen LogP contribution in [-0.2, 0) is 20.6 Å². The molecule has 290 valence electrons. The summed E-state index contributed by atoms with van der Waals surface area (Å²) >= 11 is 4.98. The molecule has 0 spiro atoms. The summed E-state index contributed by atoms with van der Waals surface area (Å²) in [6.07, 6.45) is -0.538. The number of benzene rings is 2. The van der Waals surface area contributed by atoms with Crippen LogP contribution in [0.3, 0.4) is 0 Å². The lowest BCUT2D eigenvalue weighted by Crippen LogP contribution is -2.44. The number of imide groups is 1. The quantitative estimate of drug-likeness (QED) is 0.129. The first-order chi connectivity index (χ1) is 25.9. The number of rotatable bonds is 8. The summed E-state index contributed by atoms with van der Waals surface area (Å²) in [7, 11) is 1.21. The minimum atomic E-state index is -0.951. The Morgan fingerprint density at radius 3 is 2.20 bits per heavy atom. The molecule has 0 aliphatic carbocycles. The van der Waals surface area contributed by atoms with Crippen molar-refractivity contribution in [2.45, 2.75) is 72.5 Å². The summed E-state index contributed by atoms with van der Waals surface area (Å²) in [5.74, 6) is -1.32. The van der Waals surface area contributed by atoms with E-state index in [-0.39, 0.29) is 32.7 Å². The predicted octanol–water partition coefficient (Wildman–Crippen LogP) is 9.03. The van der Waals surface area contributed by atoms with Gasteiger partial charge in [0.1, 0.15) is 22.6 Å². The Morgan fingerprint density at radius 1 is 0.891 bits per heavy atom. The fraction of sp³-hybridized carbons (Fsp3) is 0.350. The summed E-state index contributed by atoms with van der Waals surface area (Å²) in [5.41, 5.74) is 0.924. The molecule has 4 amide bonds. The van der Waals surface area contributed by atoms with E-state index in [0.29, 0.717) is 48.6 Å². The topological polar surface area (TPSA) is 162 Å². The van der Waals surface area contributed by atoms with Gasteiger partial charge in [-0.15, -0.1) is 11.3 Å². The number of thiophene rings is 1. The Kier molecular flexibility index (Phi) is 12.4. The van der Waals surface area contributed by atoms with Gasteiger partial charge in [0.05, 0.1) is 19.4 Å². The number of fused-ring (bicyclic) bond motifs is 3. The van der Waals surface area contributed by atoms with E-state index in [9.17, 15) is 24.0 Å². The number of carbonyl (C=O) groups is 5. The second-order valence-corrected chi connectivity index (χ2v) is 16.3. The summed E-state index contributed by atoms with van der Waals surface area (Å²) in [4.78, 5) is 73.2. The number of hydrogen-bond acceptors (Lipinski definition) is 11. The number of pyridine rings is 1. The summed E-state index contributed by atoms with van der Waals surface area (Å²) in [6, 6.07) is 13.0. The van der Waals surface area contributed by atoms with Gasteiger partial charge in [-0.3, -0.25) is 9.59 Å². The predicted molar refractivity (Wildman–Crippen MR) is 213 cm³/mol. The van der Waals surface area contributed by atoms with Crippen LogP contribution in [0, 0.1) is 0 Å². The molecule has 4 aromatic rings. The molecule has 0 saturated carbocycles. The summed E-state index contributed by atoms with van der Waals surface area (Å²) < 4.78 is 22.6. The van der Waals surface area contributed by atoms with Gasteiger partial charge < -0.3 is 29.6 Å². The Morgan fingerprint density at radius 2 is 1.58 bits per heavy atom. The molecule has 15 heteroatoms. The lowest BCUT2D eigenvalue weighted by Gasteiger charge is -2.29. The van der Waals surface area contributed by atoms with Crippen molar-refractivity contribution in [1.82, 2.24) is 10.3 Å². The number of amides is 4. The van der Waals surface area contributed by atoms with Gasteiger partial charge in [-0.25, -0.2) is 19.4 Å². The van der Waals surface area contributed by atoms with Crippen molar-refractivity contribution >= 4 is 68.6 Å². The lowest BCUT2D eigenvalue weighted by atomic mass is 9.93. The highest BCUT2D eigenvalue weighted by Gasteiger charge is 2.34. The third-order valence-corrected chi connectivity index (χ3v) is 9.54. The van der Waals surface area contributed by atoms with Crippen LogP contribution in [0.1, 0.15) is 91.8 Å². The summed E-state index contributed by atoms with van der Waals surface area (Å²) in [5, 5.41) is 7.64. The molecule has 3 heterocycles. The molecule has 5 rings (SSSR count). The molecular weight excluding hydrogens is 792 g/mol. The molecule has 13 nitrogen and oxygen atoms in total. The van der Waals surface area contributed by atoms with Crippen molar-refractivity contribution in [2.75, 3.05) is 30.5 Å². The maximum absolute atomic E-state index is 14.4. The molecule has 1 aliphatic heterocycles. The average molecular weight is 836 g/mol. The average Bonchev–Trinajstić information content (AvgIpc) is 3.50. The van der Waals surface area contributed by atoms with Crippen LogP contribution in [0.25, 0.3) is 21.6 Å². The maximum atomic E-state index is 14.4. The zero-order valence-electron chi connectivity index (χ0n) is 31.9. The number of nitrogens with zero attached hydrogens (tertiary/aromatic N) is 2. The molecule has 2 N–H and O–H groups in total. The van der Waals surface area contributed by atoms with Crippen molar-refractivity contribution in [3.8, 4) is 27.3 Å². The largest absolute Gasteiger partial charge is 0.493 e. The Hall–Kier alpha value is -5.28. The van der Waals surface area contributed by atoms with Gasteiger partial charge in [-0.1, -0.05) is 6.92 Å². The van der Waals surface area contributed by atoms with Gasteiger partial charge >= 0.3 is 18.2 Å². The molecule has 0 radical (unpaired) electrons. The fourth-order valence-corrected chi connectivity index (χ4v) is 7.09. The van der Waals surface area contributed by atoms with Crippen LogP contribution >= 0.6 is 27.3 Å². The molecule has 0 saturated heterocycles. The molecule has 2 aromatic carbocycles. The van der Waals surface area contributed by atoms with Crippen molar-refractivity contribution in [3.05, 3.63) is 80.9 Å². The SMILES string of the molecule is CCCNC(=O)c1ccc(-c2cc3c(cc2C(=O)Nc2ccc(N(C(=O)OC(C)(C)C)C(=O)OC(C)(C)C)c(Br)c2)-c2sccc2CCO3)c(C(=O)OC)n1. The zero-order chi connectivity index (χ0) is 40.2. The molecule has 55 heavy (non-hydrogen) atoms. The van der Waals surface area contributed by atoms with Crippen molar-refractivity contribution in [3.63, 3.8) is 0 Å². The van der Waals surface area contributed by atoms with E-state index in [1.54, 1.807) is 59.7 Å². The van der Waals surface area contributed by atoms with E-state index in [0.717, 1.165) is 15.3 Å². The van der Waals surface area contributed by atoms with Crippen LogP contribution in [0.5, 0.6) is 5.75 Å². The number of hydrogen-bond donors (Lipinski definition) is 2. The van der Waals surface area contributed by atoms with Crippen LogP contribution in [-0.4, -0.2) is 66.4 Å². The smallest absolute Gasteiger partial charge is 0.424 e. The summed E-state index contributed by atoms with van der Waals surface area (Å²) in [6.45, 7) is 12.8. The van der Waals surface area contributed by atoms with Gasteiger partial charge in [-0.2, -0.15) is 4.90 Å². The molecule has 0 bridgehead atoms. The van der Waals surface area contributed by atoms with Crippen molar-refractivity contribution in [2.24, 2.45) is 0 Å². The normalized spacial score (nSPS) is 12.2. The third-order valence-electron chi connectivity index (χ3n) is 7.92. The minimum absolute atomic E-state index is 0.00888. The van der Waals surface area contributed by atoms with E-state index < -0.39 is 41.2 Å². The monoisotopic (exact) mass is 834 g/mol. The number of anilines is 2.